The van der Waals surface area contributed by atoms with Crippen LogP contribution in [0.1, 0.15) is 11.1 Å². The van der Waals surface area contributed by atoms with Crippen LogP contribution in [0.4, 0.5) is 17.6 Å². The van der Waals surface area contributed by atoms with E-state index < -0.39 is 24.8 Å². The van der Waals surface area contributed by atoms with Crippen LogP contribution in [0.5, 0.6) is 0 Å². The molecule has 7 heteroatoms. The van der Waals surface area contributed by atoms with E-state index in [1.807, 2.05) is 0 Å². The van der Waals surface area contributed by atoms with Crippen molar-refractivity contribution in [3.63, 3.8) is 0 Å². The van der Waals surface area contributed by atoms with E-state index in [9.17, 15) is 22.4 Å². The summed E-state index contributed by atoms with van der Waals surface area (Å²) in [5.41, 5.74) is 6.75. The van der Waals surface area contributed by atoms with Gasteiger partial charge < -0.3 is 11.1 Å². The fourth-order valence-corrected chi connectivity index (χ4v) is 1.46. The lowest BCUT2D eigenvalue weighted by molar-refractivity contribution is -0.136. The van der Waals surface area contributed by atoms with E-state index in [1.165, 1.54) is 0 Å². The third kappa shape index (κ3) is 4.51. The zero-order valence-electron chi connectivity index (χ0n) is 10.0. The first-order chi connectivity index (χ1) is 8.86. The number of hydrogen-bond donors (Lipinski definition) is 2. The van der Waals surface area contributed by atoms with Crippen LogP contribution >= 0.6 is 0 Å². The average molecular weight is 278 g/mol. The summed E-state index contributed by atoms with van der Waals surface area (Å²) >= 11 is 0. The zero-order chi connectivity index (χ0) is 14.5. The van der Waals surface area contributed by atoms with E-state index in [0.717, 1.165) is 0 Å². The van der Waals surface area contributed by atoms with Crippen LogP contribution in [0.2, 0.25) is 0 Å². The summed E-state index contributed by atoms with van der Waals surface area (Å²) in [5, 5.41) is 1.79. The molecule has 0 fully saturated rings. The van der Waals surface area contributed by atoms with Crippen LogP contribution in [0.25, 0.3) is 0 Å². The molecule has 1 rings (SSSR count). The lowest BCUT2D eigenvalue weighted by Gasteiger charge is -2.16. The van der Waals surface area contributed by atoms with Gasteiger partial charge in [0.25, 0.3) is 0 Å². The molecule has 0 unspecified atom stereocenters. The van der Waals surface area contributed by atoms with Gasteiger partial charge in [0.15, 0.2) is 0 Å². The highest BCUT2D eigenvalue weighted by Gasteiger charge is 2.40. The van der Waals surface area contributed by atoms with E-state index in [1.54, 1.807) is 29.6 Å². The van der Waals surface area contributed by atoms with Gasteiger partial charge in [0.2, 0.25) is 5.91 Å². The number of benzene rings is 1. The molecule has 0 saturated carbocycles. The molecule has 0 saturated heterocycles. The minimum atomic E-state index is -4.22. The number of amides is 1. The topological polar surface area (TPSA) is 55.1 Å². The van der Waals surface area contributed by atoms with Crippen LogP contribution in [0.15, 0.2) is 24.3 Å². The maximum atomic E-state index is 12.6. The highest BCUT2D eigenvalue weighted by molar-refractivity contribution is 5.79. The molecule has 106 valence electrons. The third-order valence-corrected chi connectivity index (χ3v) is 2.53. The number of carbonyl (C=O) groups is 1. The number of carbonyl (C=O) groups excluding carboxylic acids is 1. The largest absolute Gasteiger partial charge is 0.350 e. The molecule has 3 N–H and O–H groups in total. The second-order valence-electron chi connectivity index (χ2n) is 3.99. The van der Waals surface area contributed by atoms with Crippen LogP contribution in [-0.4, -0.2) is 24.8 Å². The second kappa shape index (κ2) is 6.51. The molecule has 1 amide bonds. The minimum absolute atomic E-state index is 0.174. The van der Waals surface area contributed by atoms with E-state index >= 15 is 0 Å². The number of hydrogen-bond acceptors (Lipinski definition) is 2. The van der Waals surface area contributed by atoms with Crippen molar-refractivity contribution in [2.45, 2.75) is 25.3 Å². The van der Waals surface area contributed by atoms with Gasteiger partial charge >= 0.3 is 12.3 Å². The molecule has 0 aliphatic heterocycles. The van der Waals surface area contributed by atoms with E-state index in [0.29, 0.717) is 11.1 Å². The van der Waals surface area contributed by atoms with Crippen molar-refractivity contribution in [3.05, 3.63) is 35.4 Å². The first kappa shape index (κ1) is 15.4. The highest BCUT2D eigenvalue weighted by atomic mass is 19.3. The van der Waals surface area contributed by atoms with Crippen molar-refractivity contribution < 1.29 is 22.4 Å². The molecule has 0 aliphatic rings. The quantitative estimate of drug-likeness (QED) is 0.778. The zero-order valence-corrected chi connectivity index (χ0v) is 10.0. The van der Waals surface area contributed by atoms with Gasteiger partial charge in [-0.25, -0.2) is 8.78 Å². The Morgan fingerprint density at radius 2 is 1.84 bits per heavy atom. The molecular formula is C12H14F4N2O. The molecule has 0 heterocycles. The summed E-state index contributed by atoms with van der Waals surface area (Å²) in [4.78, 5) is 11.4. The first-order valence-electron chi connectivity index (χ1n) is 5.56. The van der Waals surface area contributed by atoms with Crippen molar-refractivity contribution in [1.29, 1.82) is 0 Å². The molecule has 0 bridgehead atoms. The number of rotatable bonds is 6. The summed E-state index contributed by atoms with van der Waals surface area (Å²) in [7, 11) is 0. The van der Waals surface area contributed by atoms with Gasteiger partial charge in [-0.05, 0) is 11.1 Å². The maximum absolute atomic E-state index is 12.6. The predicted octanol–water partition coefficient (Wildman–Crippen LogP) is 1.70. The fourth-order valence-electron chi connectivity index (χ4n) is 1.46. The molecule has 0 aromatic heterocycles. The van der Waals surface area contributed by atoms with Crippen molar-refractivity contribution >= 4 is 5.91 Å². The first-order valence-corrected chi connectivity index (χ1v) is 5.56. The lowest BCUT2D eigenvalue weighted by Crippen LogP contribution is -2.41. The third-order valence-electron chi connectivity index (χ3n) is 2.53. The predicted molar refractivity (Wildman–Crippen MR) is 62.0 cm³/mol. The minimum Gasteiger partial charge on any atom is -0.350 e. The van der Waals surface area contributed by atoms with Gasteiger partial charge in [0.05, 0.1) is 13.0 Å². The van der Waals surface area contributed by atoms with Gasteiger partial charge in [-0.3, -0.25) is 4.79 Å². The Hall–Kier alpha value is -1.63. The normalized spacial score (nSPS) is 11.7. The Morgan fingerprint density at radius 1 is 1.26 bits per heavy atom. The van der Waals surface area contributed by atoms with Crippen molar-refractivity contribution in [2.75, 3.05) is 6.54 Å². The molecule has 3 nitrogen and oxygen atoms in total. The molecule has 1 aromatic carbocycles. The number of nitrogens with one attached hydrogen (secondary N) is 1. The van der Waals surface area contributed by atoms with Gasteiger partial charge in [0, 0.05) is 6.54 Å². The van der Waals surface area contributed by atoms with Crippen LogP contribution in [0, 0.1) is 0 Å². The smallest absolute Gasteiger partial charge is 0.324 e. The molecule has 0 radical (unpaired) electrons. The van der Waals surface area contributed by atoms with Gasteiger partial charge in [-0.1, -0.05) is 24.3 Å². The summed E-state index contributed by atoms with van der Waals surface area (Å²) in [6.07, 6.45) is -3.98. The van der Waals surface area contributed by atoms with Crippen molar-refractivity contribution in [1.82, 2.24) is 5.32 Å². The molecular weight excluding hydrogens is 264 g/mol. The van der Waals surface area contributed by atoms with E-state index in [-0.39, 0.29) is 13.0 Å². The Labute approximate surface area is 107 Å². The van der Waals surface area contributed by atoms with Crippen LogP contribution in [-0.2, 0) is 17.8 Å². The summed E-state index contributed by atoms with van der Waals surface area (Å²) in [6.45, 7) is -1.18. The van der Waals surface area contributed by atoms with Gasteiger partial charge in [-0.2, -0.15) is 8.78 Å². The Kier molecular flexibility index (Phi) is 5.29. The fraction of sp³-hybridized carbons (Fsp3) is 0.417. The molecule has 1 aromatic rings. The van der Waals surface area contributed by atoms with Crippen LogP contribution in [0.3, 0.4) is 0 Å². The lowest BCUT2D eigenvalue weighted by atomic mass is 10.0. The van der Waals surface area contributed by atoms with E-state index in [2.05, 4.69) is 0 Å². The standard InChI is InChI=1S/C12H14F4N2O/c13-11(14)12(15,16)7-18-10(19)5-8-3-1-2-4-9(8)6-17/h1-4,11H,5-7,17H2,(H,18,19). The molecule has 0 atom stereocenters. The van der Waals surface area contributed by atoms with Crippen molar-refractivity contribution in [3.8, 4) is 0 Å². The van der Waals surface area contributed by atoms with Gasteiger partial charge in [0.1, 0.15) is 0 Å². The van der Waals surface area contributed by atoms with Crippen molar-refractivity contribution in [2.24, 2.45) is 5.73 Å². The Balaban J connectivity index is 2.57. The number of halogens is 4. The highest BCUT2D eigenvalue weighted by Crippen LogP contribution is 2.21. The second-order valence-corrected chi connectivity index (χ2v) is 3.99. The monoisotopic (exact) mass is 278 g/mol. The molecule has 0 aliphatic carbocycles. The summed E-state index contributed by atoms with van der Waals surface area (Å²) < 4.78 is 49.0. The van der Waals surface area contributed by atoms with Gasteiger partial charge in [-0.15, -0.1) is 0 Å². The Bertz CT molecular complexity index is 437. The molecule has 19 heavy (non-hydrogen) atoms. The SMILES string of the molecule is NCc1ccccc1CC(=O)NCC(F)(F)C(F)F. The van der Waals surface area contributed by atoms with E-state index in [4.69, 9.17) is 5.73 Å². The van der Waals surface area contributed by atoms with Crippen LogP contribution < -0.4 is 11.1 Å². The Morgan fingerprint density at radius 3 is 2.37 bits per heavy atom. The summed E-state index contributed by atoms with van der Waals surface area (Å²) in [6, 6.07) is 6.74. The average Bonchev–Trinajstić information content (AvgIpc) is 2.37. The maximum Gasteiger partial charge on any atom is 0.324 e. The summed E-state index contributed by atoms with van der Waals surface area (Å²) in [5.74, 6) is -4.97. The number of alkyl halides is 4. The number of nitrogens with two attached hydrogens (primary N) is 1. The molecule has 0 spiro atoms.